The smallest absolute Gasteiger partial charge is 0.252 e. The monoisotopic (exact) mass is 1380 g/mol. The number of halogens is 8. The van der Waals surface area contributed by atoms with Gasteiger partial charge < -0.3 is 69.7 Å². The van der Waals surface area contributed by atoms with Gasteiger partial charge in [0.1, 0.15) is 11.6 Å². The predicted molar refractivity (Wildman–Crippen MR) is 353 cm³/mol. The van der Waals surface area contributed by atoms with Crippen LogP contribution in [0.2, 0.25) is 20.1 Å². The number of aliphatic hydroxyl groups is 2. The van der Waals surface area contributed by atoms with E-state index in [9.17, 15) is 19.8 Å². The van der Waals surface area contributed by atoms with Crippen LogP contribution in [-0.4, -0.2) is 197 Å². The molecule has 0 unspecified atom stereocenters. The van der Waals surface area contributed by atoms with Crippen molar-refractivity contribution in [3.8, 4) is 22.5 Å². The van der Waals surface area contributed by atoms with Crippen LogP contribution in [0.1, 0.15) is 45.2 Å². The molecule has 482 valence electrons. The van der Waals surface area contributed by atoms with Gasteiger partial charge in [-0.3, -0.25) is 19.6 Å². The Labute approximate surface area is 558 Å². The molecule has 4 aromatic carbocycles. The lowest BCUT2D eigenvalue weighted by Crippen LogP contribution is -2.50. The van der Waals surface area contributed by atoms with Crippen LogP contribution < -0.4 is 21.3 Å². The molecule has 0 spiro atoms. The zero-order chi connectivity index (χ0) is 59.2. The van der Waals surface area contributed by atoms with E-state index in [-0.39, 0.29) is 101 Å². The number of hydrogen-bond acceptors (Lipinski definition) is 18. The number of ether oxygens (including phenoxy) is 6. The van der Waals surface area contributed by atoms with Gasteiger partial charge in [0.2, 0.25) is 0 Å². The summed E-state index contributed by atoms with van der Waals surface area (Å²) in [4.78, 5) is 47.6. The van der Waals surface area contributed by atoms with Gasteiger partial charge in [0.25, 0.3) is 11.8 Å². The fourth-order valence-electron chi connectivity index (χ4n) is 9.85. The first-order valence-electron chi connectivity index (χ1n) is 27.8. The van der Waals surface area contributed by atoms with Crippen molar-refractivity contribution >= 4 is 119 Å². The molecule has 2 aliphatic rings. The Morgan fingerprint density at radius 3 is 1.24 bits per heavy atom. The summed E-state index contributed by atoms with van der Waals surface area (Å²) in [5.41, 5.74) is 10.2. The first-order chi connectivity index (χ1) is 40.8. The topological polar surface area (TPSA) is 236 Å². The third kappa shape index (κ3) is 23.0. The molecule has 0 radical (unpaired) electrons. The minimum Gasteiger partial charge on any atom is -0.380 e. The molecule has 0 saturated heterocycles. The van der Waals surface area contributed by atoms with E-state index in [1.807, 2.05) is 36.4 Å². The number of nitrogens with one attached hydrogen (secondary N) is 4. The van der Waals surface area contributed by atoms with Crippen LogP contribution in [0.4, 0.5) is 11.6 Å². The highest BCUT2D eigenvalue weighted by molar-refractivity contribution is 6.35. The quantitative estimate of drug-likeness (QED) is 0.0212. The molecule has 4 heterocycles. The molecule has 28 heteroatoms. The number of carbonyl (C=O) groups excluding carboxylic acids is 2. The number of anilines is 2. The zero-order valence-electron chi connectivity index (χ0n) is 48.7. The van der Waals surface area contributed by atoms with Crippen LogP contribution in [0, 0.1) is 0 Å². The van der Waals surface area contributed by atoms with Crippen molar-refractivity contribution in [3.05, 3.63) is 151 Å². The molecule has 2 amide bonds. The summed E-state index contributed by atoms with van der Waals surface area (Å²) in [6.45, 7) is 7.98. The molecule has 0 bridgehead atoms. The van der Waals surface area contributed by atoms with Gasteiger partial charge in [-0.2, -0.15) is 0 Å². The minimum absolute atomic E-state index is 0. The number of hydrogen-bond donors (Lipinski definition) is 6. The van der Waals surface area contributed by atoms with Gasteiger partial charge in [0, 0.05) is 95.4 Å². The van der Waals surface area contributed by atoms with Crippen LogP contribution in [0.15, 0.2) is 97.6 Å². The Morgan fingerprint density at radius 2 is 0.864 bits per heavy atom. The van der Waals surface area contributed by atoms with E-state index in [2.05, 4.69) is 79.4 Å². The summed E-state index contributed by atoms with van der Waals surface area (Å²) >= 11 is 26.1. The summed E-state index contributed by atoms with van der Waals surface area (Å²) in [5, 5.41) is 34.5. The molecular formula is C60H76Cl8N10O10. The van der Waals surface area contributed by atoms with Crippen LogP contribution in [0.5, 0.6) is 0 Å². The predicted octanol–water partition coefficient (Wildman–Crippen LogP) is 8.63. The third-order valence-electron chi connectivity index (χ3n) is 13.9. The van der Waals surface area contributed by atoms with E-state index in [4.69, 9.17) is 84.8 Å². The van der Waals surface area contributed by atoms with Crippen molar-refractivity contribution in [2.24, 2.45) is 0 Å². The normalized spacial score (nSPS) is 15.2. The highest BCUT2D eigenvalue weighted by Crippen LogP contribution is 2.41. The number of likely N-dealkylation sites (N-methyl/N-ethyl adjacent to an activating group) is 2. The zero-order valence-corrected chi connectivity index (χ0v) is 55.0. The maximum atomic E-state index is 12.3. The Bertz CT molecular complexity index is 2910. The summed E-state index contributed by atoms with van der Waals surface area (Å²) in [6, 6.07) is 24.3. The van der Waals surface area contributed by atoms with Gasteiger partial charge in [-0.15, -0.1) is 49.6 Å². The molecule has 6 N–H and O–H groups in total. The first-order valence-corrected chi connectivity index (χ1v) is 29.4. The van der Waals surface area contributed by atoms with Crippen molar-refractivity contribution in [3.63, 3.8) is 0 Å². The second kappa shape index (κ2) is 39.7. The SMILES string of the molecule is CN1Cc2c(Cl)cc(Cl)cc2[C@H](c2cccc(-c3cncc(NCCOCCOCCOCCNC(=O)[C@H](O)[C@@H](O)C(=O)NCCOCCOCCOCCNc4cncc(-c5cccc([C@@H]6CN(C)Cc7c(Cl)cc(Cl)cc76)c5)n4)n3)c2)C1.Cl.Cl.Cl.Cl. The van der Waals surface area contributed by atoms with Gasteiger partial charge in [0.15, 0.2) is 12.2 Å². The van der Waals surface area contributed by atoms with Crippen LogP contribution in [-0.2, 0) is 51.1 Å². The number of fused-ring (bicyclic) bond motifs is 2. The molecule has 2 aliphatic heterocycles. The fourth-order valence-corrected chi connectivity index (χ4v) is 11.0. The Hall–Kier alpha value is -4.50. The Morgan fingerprint density at radius 1 is 0.511 bits per heavy atom. The average molecular weight is 1380 g/mol. The molecule has 0 fully saturated rings. The number of rotatable bonds is 33. The molecule has 2 aromatic heterocycles. The van der Waals surface area contributed by atoms with Gasteiger partial charge in [0.05, 0.1) is 115 Å². The van der Waals surface area contributed by atoms with E-state index < -0.39 is 24.0 Å². The van der Waals surface area contributed by atoms with E-state index in [1.165, 1.54) is 0 Å². The second-order valence-electron chi connectivity index (χ2n) is 20.2. The van der Waals surface area contributed by atoms with Gasteiger partial charge in [-0.1, -0.05) is 82.8 Å². The molecule has 0 saturated carbocycles. The number of benzene rings is 4. The first kappa shape index (κ1) is 76.0. The van der Waals surface area contributed by atoms with Crippen molar-refractivity contribution in [2.45, 2.75) is 37.1 Å². The lowest BCUT2D eigenvalue weighted by atomic mass is 9.84. The summed E-state index contributed by atoms with van der Waals surface area (Å²) in [6.07, 6.45) is 2.89. The van der Waals surface area contributed by atoms with Crippen molar-refractivity contribution in [1.29, 1.82) is 0 Å². The largest absolute Gasteiger partial charge is 0.380 e. The van der Waals surface area contributed by atoms with Gasteiger partial charge >= 0.3 is 0 Å². The van der Waals surface area contributed by atoms with E-state index >= 15 is 0 Å². The molecule has 4 atom stereocenters. The summed E-state index contributed by atoms with van der Waals surface area (Å²) in [5.74, 6) is -0.363. The highest BCUT2D eigenvalue weighted by Gasteiger charge is 2.31. The summed E-state index contributed by atoms with van der Waals surface area (Å²) < 4.78 is 33.5. The maximum absolute atomic E-state index is 12.3. The highest BCUT2D eigenvalue weighted by atomic mass is 35.5. The standard InChI is InChI=1S/C60H72Cl4N10O10.4ClH/c1-73-35-47(45-27-43(61)29-51(63)49(45)37-73)39-5-3-7-41(25-39)53-31-65-33-55(71-53)67-9-13-79-17-21-83-23-19-81-15-11-69-59(77)57(75)58(76)60(78)70-12-16-82-20-24-84-22-18-80-14-10-68-56-34-66-32-54(72-56)42-8-4-6-40(26-42)48-36-74(2)38-50-46(48)28-44(62)30-52(50)64;;;;/h3-8,25-34,47-48,57-58,75-76H,9-24,35-38H2,1-2H3,(H,67,71)(H,68,72)(H,69,77)(H,70,78);4*1H/t47-,48-,57+,58+;;;;/m0..../s1. The number of aliphatic hydroxyl groups excluding tert-OH is 2. The molecule has 8 rings (SSSR count). The number of amides is 2. The van der Waals surface area contributed by atoms with Crippen LogP contribution in [0.25, 0.3) is 22.5 Å². The minimum atomic E-state index is -1.97. The van der Waals surface area contributed by atoms with Crippen LogP contribution >= 0.6 is 96.0 Å². The van der Waals surface area contributed by atoms with E-state index in [1.54, 1.807) is 36.9 Å². The maximum Gasteiger partial charge on any atom is 0.252 e. The summed E-state index contributed by atoms with van der Waals surface area (Å²) in [7, 11) is 4.18. The fraction of sp³-hybridized carbons (Fsp3) is 0.433. The third-order valence-corrected chi connectivity index (χ3v) is 15.1. The van der Waals surface area contributed by atoms with Gasteiger partial charge in [-0.05, 0) is 83.9 Å². The van der Waals surface area contributed by atoms with E-state index in [0.717, 1.165) is 82.1 Å². The lowest BCUT2D eigenvalue weighted by molar-refractivity contribution is -0.146. The van der Waals surface area contributed by atoms with Crippen molar-refractivity contribution < 1.29 is 48.2 Å². The Balaban J connectivity index is 0.00000414. The molecular weight excluding hydrogens is 1300 g/mol. The number of aromatic nitrogens is 4. The molecule has 0 aliphatic carbocycles. The molecule has 20 nitrogen and oxygen atoms in total. The number of nitrogens with zero attached hydrogens (tertiary/aromatic N) is 6. The second-order valence-corrected chi connectivity index (χ2v) is 21.9. The molecule has 6 aromatic rings. The average Bonchev–Trinajstić information content (AvgIpc) is 1.50. The number of carbonyl (C=O) groups is 2. The lowest BCUT2D eigenvalue weighted by Gasteiger charge is -2.33. The van der Waals surface area contributed by atoms with Crippen LogP contribution in [0.3, 0.4) is 0 Å². The Kier molecular flexibility index (Phi) is 34.3. The molecule has 88 heavy (non-hydrogen) atoms. The van der Waals surface area contributed by atoms with Crippen molar-refractivity contribution in [1.82, 2.24) is 40.4 Å². The van der Waals surface area contributed by atoms with E-state index in [0.29, 0.717) is 97.7 Å². The van der Waals surface area contributed by atoms with Gasteiger partial charge in [-0.25, -0.2) is 9.97 Å². The van der Waals surface area contributed by atoms with Crippen molar-refractivity contribution in [2.75, 3.05) is 143 Å².